The van der Waals surface area contributed by atoms with Crippen molar-refractivity contribution in [3.63, 3.8) is 0 Å². The van der Waals surface area contributed by atoms with Crippen LogP contribution in [0.5, 0.6) is 0 Å². The molecule has 1 aromatic rings. The van der Waals surface area contributed by atoms with Crippen molar-refractivity contribution in [2.24, 2.45) is 5.92 Å². The van der Waals surface area contributed by atoms with Gasteiger partial charge in [0.2, 0.25) is 0 Å². The van der Waals surface area contributed by atoms with E-state index in [2.05, 4.69) is 17.1 Å². The quantitative estimate of drug-likeness (QED) is 0.820. The molecule has 1 atom stereocenters. The fraction of sp³-hybridized carbons (Fsp3) is 0.571. The van der Waals surface area contributed by atoms with Crippen molar-refractivity contribution >= 4 is 34.6 Å². The summed E-state index contributed by atoms with van der Waals surface area (Å²) in [6.07, 6.45) is 2.74. The standard InChI is InChI=1S/C14H19Cl2N3/c1-8-5-18-14-10(4-11(15)12(16)13(14)17)7-19(8)6-9-2-3-9/h4,8-9,18H,2-3,5-7,17H2,1H3/t8-/m0/s1. The molecular weight excluding hydrogens is 281 g/mol. The number of nitrogens with zero attached hydrogens (tertiary/aromatic N) is 1. The Kier molecular flexibility index (Phi) is 3.54. The molecule has 3 N–H and O–H groups in total. The SMILES string of the molecule is C[C@H]1CNc2c(cc(Cl)c(Cl)c2N)CN1CC1CC1. The van der Waals surface area contributed by atoms with Crippen molar-refractivity contribution in [2.45, 2.75) is 32.4 Å². The summed E-state index contributed by atoms with van der Waals surface area (Å²) < 4.78 is 0. The third-order valence-corrected chi connectivity index (χ3v) is 4.90. The molecule has 2 aliphatic rings. The van der Waals surface area contributed by atoms with Gasteiger partial charge in [0.05, 0.1) is 21.4 Å². The third kappa shape index (κ3) is 2.64. The molecule has 1 aliphatic carbocycles. The van der Waals surface area contributed by atoms with Crippen molar-refractivity contribution in [3.8, 4) is 0 Å². The fourth-order valence-electron chi connectivity index (χ4n) is 2.66. The summed E-state index contributed by atoms with van der Waals surface area (Å²) in [5, 5.41) is 4.42. The molecule has 1 aliphatic heterocycles. The lowest BCUT2D eigenvalue weighted by Gasteiger charge is -2.26. The molecule has 0 aromatic heterocycles. The maximum Gasteiger partial charge on any atom is 0.0843 e. The second kappa shape index (κ2) is 5.04. The first-order chi connectivity index (χ1) is 9.06. The molecule has 104 valence electrons. The van der Waals surface area contributed by atoms with E-state index < -0.39 is 0 Å². The Hall–Kier alpha value is -0.640. The minimum atomic E-state index is 0.455. The normalized spacial score (nSPS) is 23.6. The Bertz CT molecular complexity index is 500. The molecule has 19 heavy (non-hydrogen) atoms. The van der Waals surface area contributed by atoms with Crippen LogP contribution in [-0.2, 0) is 6.54 Å². The summed E-state index contributed by atoms with van der Waals surface area (Å²) in [7, 11) is 0. The first kappa shape index (κ1) is 13.3. The molecular formula is C14H19Cl2N3. The number of rotatable bonds is 2. The van der Waals surface area contributed by atoms with Crippen LogP contribution < -0.4 is 11.1 Å². The molecule has 0 radical (unpaired) electrons. The van der Waals surface area contributed by atoms with Gasteiger partial charge in [0.25, 0.3) is 0 Å². The molecule has 3 nitrogen and oxygen atoms in total. The van der Waals surface area contributed by atoms with E-state index in [0.29, 0.717) is 21.8 Å². The van der Waals surface area contributed by atoms with Crippen LogP contribution in [0.15, 0.2) is 6.07 Å². The van der Waals surface area contributed by atoms with E-state index >= 15 is 0 Å². The smallest absolute Gasteiger partial charge is 0.0843 e. The molecule has 0 amide bonds. The second-order valence-electron chi connectivity index (χ2n) is 5.72. The van der Waals surface area contributed by atoms with Gasteiger partial charge in [-0.05, 0) is 37.3 Å². The summed E-state index contributed by atoms with van der Waals surface area (Å²) in [4.78, 5) is 2.51. The van der Waals surface area contributed by atoms with E-state index in [1.165, 1.54) is 19.4 Å². The summed E-state index contributed by atoms with van der Waals surface area (Å²) in [6, 6.07) is 2.44. The molecule has 5 heteroatoms. The average molecular weight is 300 g/mol. The Morgan fingerprint density at radius 2 is 2.16 bits per heavy atom. The molecule has 1 heterocycles. The molecule has 0 saturated heterocycles. The van der Waals surface area contributed by atoms with Gasteiger partial charge in [-0.25, -0.2) is 0 Å². The highest BCUT2D eigenvalue weighted by molar-refractivity contribution is 6.44. The van der Waals surface area contributed by atoms with Gasteiger partial charge in [-0.3, -0.25) is 4.90 Å². The van der Waals surface area contributed by atoms with Crippen molar-refractivity contribution in [2.75, 3.05) is 24.1 Å². The van der Waals surface area contributed by atoms with Gasteiger partial charge in [0.1, 0.15) is 0 Å². The number of hydrogen-bond donors (Lipinski definition) is 2. The van der Waals surface area contributed by atoms with E-state index in [0.717, 1.165) is 30.3 Å². The van der Waals surface area contributed by atoms with E-state index in [1.807, 2.05) is 6.07 Å². The topological polar surface area (TPSA) is 41.3 Å². The van der Waals surface area contributed by atoms with Crippen LogP contribution in [0.4, 0.5) is 11.4 Å². The summed E-state index contributed by atoms with van der Waals surface area (Å²) >= 11 is 12.3. The molecule has 0 unspecified atom stereocenters. The Balaban J connectivity index is 1.92. The van der Waals surface area contributed by atoms with Gasteiger partial charge in [-0.1, -0.05) is 23.2 Å². The van der Waals surface area contributed by atoms with Crippen LogP contribution in [0, 0.1) is 5.92 Å². The maximum atomic E-state index is 6.15. The van der Waals surface area contributed by atoms with Gasteiger partial charge in [0, 0.05) is 25.7 Å². The number of benzene rings is 1. The van der Waals surface area contributed by atoms with Crippen LogP contribution >= 0.6 is 23.2 Å². The molecule has 1 saturated carbocycles. The number of fused-ring (bicyclic) bond motifs is 1. The molecule has 1 fully saturated rings. The lowest BCUT2D eigenvalue weighted by molar-refractivity contribution is 0.203. The van der Waals surface area contributed by atoms with E-state index in [-0.39, 0.29) is 0 Å². The Morgan fingerprint density at radius 1 is 1.42 bits per heavy atom. The lowest BCUT2D eigenvalue weighted by Crippen LogP contribution is -2.36. The zero-order valence-electron chi connectivity index (χ0n) is 11.0. The largest absolute Gasteiger partial charge is 0.396 e. The number of halogens is 2. The molecule has 0 bridgehead atoms. The van der Waals surface area contributed by atoms with Gasteiger partial charge >= 0.3 is 0 Å². The number of nitrogens with one attached hydrogen (secondary N) is 1. The summed E-state index contributed by atoms with van der Waals surface area (Å²) in [5.41, 5.74) is 8.76. The highest BCUT2D eigenvalue weighted by Crippen LogP contribution is 2.39. The van der Waals surface area contributed by atoms with Crippen LogP contribution in [0.1, 0.15) is 25.3 Å². The first-order valence-electron chi connectivity index (χ1n) is 6.80. The van der Waals surface area contributed by atoms with Crippen LogP contribution in [0.3, 0.4) is 0 Å². The Labute approximate surface area is 124 Å². The fourth-order valence-corrected chi connectivity index (χ4v) is 3.05. The lowest BCUT2D eigenvalue weighted by atomic mass is 10.1. The second-order valence-corrected chi connectivity index (χ2v) is 6.51. The van der Waals surface area contributed by atoms with Crippen molar-refractivity contribution < 1.29 is 0 Å². The average Bonchev–Trinajstić information content (AvgIpc) is 3.18. The molecule has 1 aromatic carbocycles. The van der Waals surface area contributed by atoms with E-state index in [1.54, 1.807) is 0 Å². The zero-order chi connectivity index (χ0) is 13.6. The minimum absolute atomic E-state index is 0.455. The van der Waals surface area contributed by atoms with Crippen LogP contribution in [-0.4, -0.2) is 24.0 Å². The summed E-state index contributed by atoms with van der Waals surface area (Å²) in [5.74, 6) is 0.879. The predicted molar refractivity (Wildman–Crippen MR) is 82.0 cm³/mol. The van der Waals surface area contributed by atoms with Gasteiger partial charge < -0.3 is 11.1 Å². The number of hydrogen-bond acceptors (Lipinski definition) is 3. The highest BCUT2D eigenvalue weighted by atomic mass is 35.5. The predicted octanol–water partition coefficient (Wildman–Crippen LogP) is 3.60. The minimum Gasteiger partial charge on any atom is -0.396 e. The zero-order valence-corrected chi connectivity index (χ0v) is 12.6. The number of anilines is 2. The van der Waals surface area contributed by atoms with E-state index in [9.17, 15) is 0 Å². The monoisotopic (exact) mass is 299 g/mol. The van der Waals surface area contributed by atoms with Gasteiger partial charge in [-0.15, -0.1) is 0 Å². The summed E-state index contributed by atoms with van der Waals surface area (Å²) in [6.45, 7) is 5.20. The first-order valence-corrected chi connectivity index (χ1v) is 7.56. The molecule has 3 rings (SSSR count). The van der Waals surface area contributed by atoms with Crippen LogP contribution in [0.2, 0.25) is 10.0 Å². The van der Waals surface area contributed by atoms with Gasteiger partial charge in [0.15, 0.2) is 0 Å². The van der Waals surface area contributed by atoms with Crippen molar-refractivity contribution in [1.82, 2.24) is 4.90 Å². The molecule has 0 spiro atoms. The van der Waals surface area contributed by atoms with Gasteiger partial charge in [-0.2, -0.15) is 0 Å². The van der Waals surface area contributed by atoms with Crippen molar-refractivity contribution in [3.05, 3.63) is 21.7 Å². The van der Waals surface area contributed by atoms with Crippen molar-refractivity contribution in [1.29, 1.82) is 0 Å². The maximum absolute atomic E-state index is 6.15. The number of nitrogens with two attached hydrogens (primary N) is 1. The van der Waals surface area contributed by atoms with Crippen LogP contribution in [0.25, 0.3) is 0 Å². The third-order valence-electron chi connectivity index (χ3n) is 4.10. The Morgan fingerprint density at radius 3 is 2.84 bits per heavy atom. The van der Waals surface area contributed by atoms with E-state index in [4.69, 9.17) is 28.9 Å². The number of nitrogen functional groups attached to an aromatic ring is 1. The highest BCUT2D eigenvalue weighted by Gasteiger charge is 2.29.